The Hall–Kier alpha value is -1.87. The Kier molecular flexibility index (Phi) is 6.17. The number of esters is 1. The van der Waals surface area contributed by atoms with Crippen molar-refractivity contribution in [2.45, 2.75) is 44.9 Å². The zero-order chi connectivity index (χ0) is 16.8. The van der Waals surface area contributed by atoms with Crippen LogP contribution in [0, 0.1) is 17.8 Å². The summed E-state index contributed by atoms with van der Waals surface area (Å²) in [6, 6.07) is 9.57. The minimum absolute atomic E-state index is 0.126. The van der Waals surface area contributed by atoms with E-state index in [9.17, 15) is 9.90 Å². The quantitative estimate of drug-likeness (QED) is 0.674. The van der Waals surface area contributed by atoms with Crippen LogP contribution < -0.4 is 0 Å². The van der Waals surface area contributed by atoms with Crippen LogP contribution in [0.2, 0.25) is 0 Å². The van der Waals surface area contributed by atoms with E-state index in [0.29, 0.717) is 0 Å². The van der Waals surface area contributed by atoms with Gasteiger partial charge in [0.25, 0.3) is 0 Å². The van der Waals surface area contributed by atoms with Crippen LogP contribution >= 0.6 is 0 Å². The molecule has 23 heavy (non-hydrogen) atoms. The minimum Gasteiger partial charge on any atom is -0.444 e. The summed E-state index contributed by atoms with van der Waals surface area (Å²) >= 11 is 0. The second-order valence-electron chi connectivity index (χ2n) is 5.71. The maximum atomic E-state index is 11.9. The predicted octanol–water partition coefficient (Wildman–Crippen LogP) is 1.53. The van der Waals surface area contributed by atoms with Crippen LogP contribution in [-0.4, -0.2) is 42.6 Å². The summed E-state index contributed by atoms with van der Waals surface area (Å²) in [4.78, 5) is 11.9. The van der Waals surface area contributed by atoms with Gasteiger partial charge in [-0.2, -0.15) is 0 Å². The molecule has 5 nitrogen and oxygen atoms in total. The lowest BCUT2D eigenvalue weighted by Crippen LogP contribution is -2.56. The number of aliphatic hydroxyl groups excluding tert-OH is 1. The van der Waals surface area contributed by atoms with Crippen molar-refractivity contribution in [3.05, 3.63) is 35.9 Å². The molecule has 0 unspecified atom stereocenters. The van der Waals surface area contributed by atoms with E-state index in [-0.39, 0.29) is 12.5 Å². The summed E-state index contributed by atoms with van der Waals surface area (Å²) in [6.45, 7) is 4.16. The molecule has 0 amide bonds. The first-order valence-electron chi connectivity index (χ1n) is 7.61. The fourth-order valence-corrected chi connectivity index (χ4v) is 2.30. The molecular formula is C18H22O5. The van der Waals surface area contributed by atoms with Gasteiger partial charge in [0, 0.05) is 13.0 Å². The van der Waals surface area contributed by atoms with E-state index in [0.717, 1.165) is 5.56 Å². The normalized spacial score (nSPS) is 27.3. The van der Waals surface area contributed by atoms with Crippen LogP contribution in [0.3, 0.4) is 0 Å². The number of rotatable bonds is 4. The maximum absolute atomic E-state index is 11.9. The number of ether oxygens (including phenoxy) is 3. The Labute approximate surface area is 136 Å². The van der Waals surface area contributed by atoms with Crippen molar-refractivity contribution in [3.63, 3.8) is 0 Å². The second-order valence-corrected chi connectivity index (χ2v) is 5.71. The number of cyclic esters (lactones) is 1. The number of benzene rings is 1. The molecule has 0 aliphatic carbocycles. The van der Waals surface area contributed by atoms with Crippen molar-refractivity contribution in [2.24, 2.45) is 5.92 Å². The van der Waals surface area contributed by atoms with Gasteiger partial charge in [-0.15, -0.1) is 0 Å². The molecule has 2 rings (SSSR count). The lowest BCUT2D eigenvalue weighted by atomic mass is 9.98. The van der Waals surface area contributed by atoms with Gasteiger partial charge in [0.1, 0.15) is 12.2 Å². The fourth-order valence-electron chi connectivity index (χ4n) is 2.30. The zero-order valence-corrected chi connectivity index (χ0v) is 13.6. The minimum atomic E-state index is -1.13. The third-order valence-electron chi connectivity index (χ3n) is 3.47. The first-order chi connectivity index (χ1) is 11.0. The van der Waals surface area contributed by atoms with Gasteiger partial charge in [-0.1, -0.05) is 56.0 Å². The van der Waals surface area contributed by atoms with Crippen molar-refractivity contribution in [3.8, 4) is 11.8 Å². The number of aliphatic hydroxyl groups is 1. The SMILES string of the molecule is CO[C@H]1C(=O)O[C@H](C#CC(C)C)[C@H](OCc2ccccc2)[C@H]1O. The van der Waals surface area contributed by atoms with E-state index in [2.05, 4.69) is 11.8 Å². The van der Waals surface area contributed by atoms with Crippen LogP contribution in [0.4, 0.5) is 0 Å². The molecule has 124 valence electrons. The summed E-state index contributed by atoms with van der Waals surface area (Å²) in [5.41, 5.74) is 0.959. The van der Waals surface area contributed by atoms with Crippen LogP contribution in [0.1, 0.15) is 19.4 Å². The topological polar surface area (TPSA) is 65.0 Å². The predicted molar refractivity (Wildman–Crippen MR) is 84.3 cm³/mol. The van der Waals surface area contributed by atoms with Gasteiger partial charge in [-0.05, 0) is 5.56 Å². The number of hydrogen-bond acceptors (Lipinski definition) is 5. The van der Waals surface area contributed by atoms with Crippen molar-refractivity contribution in [2.75, 3.05) is 7.11 Å². The maximum Gasteiger partial charge on any atom is 0.339 e. The molecule has 0 radical (unpaired) electrons. The Bertz CT molecular complexity index is 572. The molecular weight excluding hydrogens is 296 g/mol. The summed E-state index contributed by atoms with van der Waals surface area (Å²) in [5, 5.41) is 10.4. The van der Waals surface area contributed by atoms with Gasteiger partial charge in [0.15, 0.2) is 12.2 Å². The van der Waals surface area contributed by atoms with Crippen LogP contribution in [0.5, 0.6) is 0 Å². The molecule has 5 heteroatoms. The van der Waals surface area contributed by atoms with E-state index < -0.39 is 30.4 Å². The van der Waals surface area contributed by atoms with Gasteiger partial charge in [0.2, 0.25) is 0 Å². The molecule has 0 aromatic heterocycles. The van der Waals surface area contributed by atoms with E-state index in [1.54, 1.807) is 0 Å². The third kappa shape index (κ3) is 4.55. The van der Waals surface area contributed by atoms with E-state index in [1.807, 2.05) is 44.2 Å². The van der Waals surface area contributed by atoms with Gasteiger partial charge < -0.3 is 19.3 Å². The lowest BCUT2D eigenvalue weighted by molar-refractivity contribution is -0.208. The molecule has 1 saturated heterocycles. The smallest absolute Gasteiger partial charge is 0.339 e. The molecule has 1 fully saturated rings. The summed E-state index contributed by atoms with van der Waals surface area (Å²) in [7, 11) is 1.35. The number of methoxy groups -OCH3 is 1. The molecule has 1 heterocycles. The molecule has 4 atom stereocenters. The zero-order valence-electron chi connectivity index (χ0n) is 13.6. The average Bonchev–Trinajstić information content (AvgIpc) is 2.53. The van der Waals surface area contributed by atoms with Crippen LogP contribution in [0.25, 0.3) is 0 Å². The Morgan fingerprint density at radius 3 is 2.61 bits per heavy atom. The molecule has 0 spiro atoms. The van der Waals surface area contributed by atoms with E-state index >= 15 is 0 Å². The highest BCUT2D eigenvalue weighted by atomic mass is 16.6. The van der Waals surface area contributed by atoms with Gasteiger partial charge in [0.05, 0.1) is 6.61 Å². The van der Waals surface area contributed by atoms with Crippen molar-refractivity contribution in [1.29, 1.82) is 0 Å². The number of carbonyl (C=O) groups excluding carboxylic acids is 1. The van der Waals surface area contributed by atoms with Crippen LogP contribution in [0.15, 0.2) is 30.3 Å². The molecule has 0 bridgehead atoms. The average molecular weight is 318 g/mol. The highest BCUT2D eigenvalue weighted by Gasteiger charge is 2.46. The highest BCUT2D eigenvalue weighted by molar-refractivity contribution is 5.77. The standard InChI is InChI=1S/C18H22O5/c1-12(2)9-10-14-16(15(19)17(21-3)18(20)23-14)22-11-13-7-5-4-6-8-13/h4-8,12,14-17,19H,11H2,1-3H3/t14-,15-,16+,17-/m1/s1. The molecule has 1 aromatic carbocycles. The van der Waals surface area contributed by atoms with E-state index in [1.165, 1.54) is 7.11 Å². The molecule has 1 aromatic rings. The number of hydrogen-bond donors (Lipinski definition) is 1. The molecule has 0 saturated carbocycles. The first kappa shape index (κ1) is 17.5. The summed E-state index contributed by atoms with van der Waals surface area (Å²) < 4.78 is 16.1. The van der Waals surface area contributed by atoms with Gasteiger partial charge in [-0.25, -0.2) is 4.79 Å². The van der Waals surface area contributed by atoms with Crippen molar-refractivity contribution in [1.82, 2.24) is 0 Å². The number of carbonyl (C=O) groups is 1. The molecule has 1 aliphatic rings. The third-order valence-corrected chi connectivity index (χ3v) is 3.47. The Morgan fingerprint density at radius 2 is 2.00 bits per heavy atom. The highest BCUT2D eigenvalue weighted by Crippen LogP contribution is 2.22. The van der Waals surface area contributed by atoms with Gasteiger partial charge >= 0.3 is 5.97 Å². The lowest BCUT2D eigenvalue weighted by Gasteiger charge is -2.36. The Balaban J connectivity index is 2.14. The second kappa shape index (κ2) is 8.11. The molecule has 1 aliphatic heterocycles. The van der Waals surface area contributed by atoms with Crippen molar-refractivity contribution < 1.29 is 24.1 Å². The van der Waals surface area contributed by atoms with Gasteiger partial charge in [-0.3, -0.25) is 0 Å². The van der Waals surface area contributed by atoms with Crippen molar-refractivity contribution >= 4 is 5.97 Å². The van der Waals surface area contributed by atoms with Crippen LogP contribution in [-0.2, 0) is 25.6 Å². The monoisotopic (exact) mass is 318 g/mol. The fraction of sp³-hybridized carbons (Fsp3) is 0.500. The summed E-state index contributed by atoms with van der Waals surface area (Å²) in [6.07, 6.45) is -3.76. The van der Waals surface area contributed by atoms with E-state index in [4.69, 9.17) is 14.2 Å². The summed E-state index contributed by atoms with van der Waals surface area (Å²) in [5.74, 6) is 5.34. The molecule has 1 N–H and O–H groups in total. The first-order valence-corrected chi connectivity index (χ1v) is 7.61. The Morgan fingerprint density at radius 1 is 1.30 bits per heavy atom. The largest absolute Gasteiger partial charge is 0.444 e.